The maximum Gasteiger partial charge on any atom is 0.316 e. The standard InChI is InChI=1S/C8H9F2N3O4/c9-8(10)7-5(13(16)17)4-12(11-7)3-1-2-6(14)15/h4,8H,1-3H2,(H,14,15). The van der Waals surface area contributed by atoms with Gasteiger partial charge in [0.2, 0.25) is 5.69 Å². The number of carboxylic acid groups (broad SMARTS) is 1. The molecule has 1 N–H and O–H groups in total. The summed E-state index contributed by atoms with van der Waals surface area (Å²) in [6.45, 7) is 0.0415. The van der Waals surface area contributed by atoms with Crippen molar-refractivity contribution in [1.82, 2.24) is 9.78 Å². The van der Waals surface area contributed by atoms with Crippen molar-refractivity contribution in [3.63, 3.8) is 0 Å². The van der Waals surface area contributed by atoms with Gasteiger partial charge in [-0.1, -0.05) is 0 Å². The van der Waals surface area contributed by atoms with Gasteiger partial charge in [-0.3, -0.25) is 19.6 Å². The van der Waals surface area contributed by atoms with Crippen LogP contribution in [0.25, 0.3) is 0 Å². The summed E-state index contributed by atoms with van der Waals surface area (Å²) in [7, 11) is 0. The molecular weight excluding hydrogens is 240 g/mol. The normalized spacial score (nSPS) is 10.8. The molecule has 94 valence electrons. The molecule has 0 aliphatic rings. The highest BCUT2D eigenvalue weighted by atomic mass is 19.3. The van der Waals surface area contributed by atoms with Crippen molar-refractivity contribution in [2.75, 3.05) is 0 Å². The van der Waals surface area contributed by atoms with E-state index in [1.807, 2.05) is 0 Å². The van der Waals surface area contributed by atoms with E-state index in [1.54, 1.807) is 0 Å². The number of hydrogen-bond donors (Lipinski definition) is 1. The third kappa shape index (κ3) is 3.47. The van der Waals surface area contributed by atoms with Gasteiger partial charge in [-0.2, -0.15) is 5.10 Å². The van der Waals surface area contributed by atoms with Crippen LogP contribution in [0.1, 0.15) is 25.0 Å². The largest absolute Gasteiger partial charge is 0.481 e. The Hall–Kier alpha value is -2.06. The van der Waals surface area contributed by atoms with E-state index in [0.29, 0.717) is 0 Å². The SMILES string of the molecule is O=C(O)CCCn1cc([N+](=O)[O-])c(C(F)F)n1. The third-order valence-corrected chi connectivity index (χ3v) is 1.95. The molecule has 0 atom stereocenters. The van der Waals surface area contributed by atoms with Crippen molar-refractivity contribution in [2.45, 2.75) is 25.8 Å². The first-order chi connectivity index (χ1) is 7.91. The van der Waals surface area contributed by atoms with Crippen molar-refractivity contribution in [1.29, 1.82) is 0 Å². The average Bonchev–Trinajstić information content (AvgIpc) is 2.61. The molecule has 0 bridgehead atoms. The summed E-state index contributed by atoms with van der Waals surface area (Å²) < 4.78 is 25.7. The highest BCUT2D eigenvalue weighted by molar-refractivity contribution is 5.66. The van der Waals surface area contributed by atoms with Crippen LogP contribution in [0.4, 0.5) is 14.5 Å². The van der Waals surface area contributed by atoms with E-state index in [2.05, 4.69) is 5.10 Å². The number of carboxylic acids is 1. The number of aliphatic carboxylic acids is 1. The van der Waals surface area contributed by atoms with E-state index in [0.717, 1.165) is 10.9 Å². The van der Waals surface area contributed by atoms with Gasteiger partial charge in [-0.15, -0.1) is 0 Å². The zero-order valence-electron chi connectivity index (χ0n) is 8.55. The molecule has 1 heterocycles. The van der Waals surface area contributed by atoms with Gasteiger partial charge in [0.25, 0.3) is 6.43 Å². The molecule has 1 aromatic rings. The summed E-state index contributed by atoms with van der Waals surface area (Å²) >= 11 is 0. The molecule has 9 heteroatoms. The number of aromatic nitrogens is 2. The predicted molar refractivity (Wildman–Crippen MR) is 50.7 cm³/mol. The first kappa shape index (κ1) is 13.0. The smallest absolute Gasteiger partial charge is 0.316 e. The lowest BCUT2D eigenvalue weighted by molar-refractivity contribution is -0.386. The molecule has 0 saturated heterocycles. The summed E-state index contributed by atoms with van der Waals surface area (Å²) in [5.74, 6) is -1.03. The van der Waals surface area contributed by atoms with Crippen LogP contribution >= 0.6 is 0 Å². The number of alkyl halides is 2. The van der Waals surface area contributed by atoms with Crippen LogP contribution in [-0.4, -0.2) is 25.8 Å². The Balaban J connectivity index is 2.78. The summed E-state index contributed by atoms with van der Waals surface area (Å²) in [4.78, 5) is 19.7. The molecule has 0 aliphatic carbocycles. The Morgan fingerprint density at radius 2 is 2.29 bits per heavy atom. The molecule has 17 heavy (non-hydrogen) atoms. The summed E-state index contributed by atoms with van der Waals surface area (Å²) in [5.41, 5.74) is -1.65. The van der Waals surface area contributed by atoms with Gasteiger partial charge < -0.3 is 5.11 Å². The Morgan fingerprint density at radius 3 is 2.71 bits per heavy atom. The molecule has 0 radical (unpaired) electrons. The Labute approximate surface area is 93.8 Å². The Bertz CT molecular complexity index is 432. The molecule has 0 fully saturated rings. The number of halogens is 2. The quantitative estimate of drug-likeness (QED) is 0.609. The summed E-state index contributed by atoms with van der Waals surface area (Å²) in [6.07, 6.45) is -2.14. The van der Waals surface area contributed by atoms with Crippen LogP contribution in [0.2, 0.25) is 0 Å². The zero-order chi connectivity index (χ0) is 13.0. The van der Waals surface area contributed by atoms with Crippen LogP contribution in [0.15, 0.2) is 6.20 Å². The molecule has 0 aliphatic heterocycles. The lowest BCUT2D eigenvalue weighted by Gasteiger charge is -1.97. The molecule has 1 rings (SSSR count). The molecule has 0 amide bonds. The van der Waals surface area contributed by atoms with Crippen molar-refractivity contribution >= 4 is 11.7 Å². The predicted octanol–water partition coefficient (Wildman–Crippen LogP) is 1.59. The maximum atomic E-state index is 12.4. The van der Waals surface area contributed by atoms with E-state index in [1.165, 1.54) is 0 Å². The van der Waals surface area contributed by atoms with Crippen molar-refractivity contribution in [2.24, 2.45) is 0 Å². The topological polar surface area (TPSA) is 98.3 Å². The van der Waals surface area contributed by atoms with Crippen LogP contribution < -0.4 is 0 Å². The summed E-state index contributed by atoms with van der Waals surface area (Å²) in [6, 6.07) is 0. The molecule has 1 aromatic heterocycles. The fraction of sp³-hybridized carbons (Fsp3) is 0.500. The third-order valence-electron chi connectivity index (χ3n) is 1.95. The van der Waals surface area contributed by atoms with Crippen LogP contribution in [0.5, 0.6) is 0 Å². The van der Waals surface area contributed by atoms with Gasteiger partial charge >= 0.3 is 11.7 Å². The van der Waals surface area contributed by atoms with E-state index in [9.17, 15) is 23.7 Å². The van der Waals surface area contributed by atoms with Crippen molar-refractivity contribution in [3.8, 4) is 0 Å². The lowest BCUT2D eigenvalue weighted by Crippen LogP contribution is -2.03. The van der Waals surface area contributed by atoms with Crippen molar-refractivity contribution in [3.05, 3.63) is 22.0 Å². The monoisotopic (exact) mass is 249 g/mol. The van der Waals surface area contributed by atoms with Gasteiger partial charge in [-0.25, -0.2) is 8.78 Å². The number of nitro groups is 1. The maximum absolute atomic E-state index is 12.4. The molecule has 0 spiro atoms. The fourth-order valence-corrected chi connectivity index (χ4v) is 1.23. The van der Waals surface area contributed by atoms with Crippen LogP contribution in [0.3, 0.4) is 0 Å². The van der Waals surface area contributed by atoms with Gasteiger partial charge in [0.05, 0.1) is 4.92 Å². The second-order valence-corrected chi connectivity index (χ2v) is 3.22. The van der Waals surface area contributed by atoms with E-state index >= 15 is 0 Å². The molecule has 0 unspecified atom stereocenters. The van der Waals surface area contributed by atoms with E-state index in [4.69, 9.17) is 5.11 Å². The minimum absolute atomic E-state index is 0.0415. The lowest BCUT2D eigenvalue weighted by atomic mass is 10.3. The number of aryl methyl sites for hydroxylation is 1. The zero-order valence-corrected chi connectivity index (χ0v) is 8.55. The average molecular weight is 249 g/mol. The minimum atomic E-state index is -3.03. The van der Waals surface area contributed by atoms with Gasteiger partial charge in [0.1, 0.15) is 6.20 Å². The van der Waals surface area contributed by atoms with Crippen LogP contribution in [-0.2, 0) is 11.3 Å². The Morgan fingerprint density at radius 1 is 1.65 bits per heavy atom. The molecule has 0 saturated carbocycles. The number of nitrogens with zero attached hydrogens (tertiary/aromatic N) is 3. The van der Waals surface area contributed by atoms with E-state index in [-0.39, 0.29) is 19.4 Å². The van der Waals surface area contributed by atoms with Gasteiger partial charge in [-0.05, 0) is 6.42 Å². The highest BCUT2D eigenvalue weighted by Crippen LogP contribution is 2.27. The van der Waals surface area contributed by atoms with Crippen LogP contribution in [0, 0.1) is 10.1 Å². The van der Waals surface area contributed by atoms with Gasteiger partial charge in [0.15, 0.2) is 0 Å². The fourth-order valence-electron chi connectivity index (χ4n) is 1.23. The second kappa shape index (κ2) is 5.32. The van der Waals surface area contributed by atoms with E-state index < -0.39 is 28.7 Å². The first-order valence-corrected chi connectivity index (χ1v) is 4.63. The summed E-state index contributed by atoms with van der Waals surface area (Å²) in [5, 5.41) is 22.2. The van der Waals surface area contributed by atoms with Gasteiger partial charge in [0, 0.05) is 13.0 Å². The van der Waals surface area contributed by atoms with Crippen molar-refractivity contribution < 1.29 is 23.6 Å². The number of carbonyl (C=O) groups is 1. The molecule has 0 aromatic carbocycles. The number of rotatable bonds is 6. The second-order valence-electron chi connectivity index (χ2n) is 3.22. The minimum Gasteiger partial charge on any atom is -0.481 e. The molecular formula is C8H9F2N3O4. The molecule has 7 nitrogen and oxygen atoms in total. The highest BCUT2D eigenvalue weighted by Gasteiger charge is 2.26. The Kier molecular flexibility index (Phi) is 4.07. The first-order valence-electron chi connectivity index (χ1n) is 4.63. The number of hydrogen-bond acceptors (Lipinski definition) is 4.